The first-order valence-electron chi connectivity index (χ1n) is 8.93. The maximum Gasteiger partial charge on any atom is 0.255 e. The van der Waals surface area contributed by atoms with Crippen LogP contribution in [0, 0.1) is 11.3 Å². The second-order valence-electron chi connectivity index (χ2n) is 6.48. The Morgan fingerprint density at radius 1 is 1.38 bits per heavy atom. The number of hydrogen-bond donors (Lipinski definition) is 1. The van der Waals surface area contributed by atoms with Crippen molar-refractivity contribution in [2.75, 3.05) is 20.1 Å². The second kappa shape index (κ2) is 10.3. The van der Waals surface area contributed by atoms with Crippen molar-refractivity contribution in [3.63, 3.8) is 0 Å². The van der Waals surface area contributed by atoms with Crippen LogP contribution >= 0.6 is 0 Å². The summed E-state index contributed by atoms with van der Waals surface area (Å²) in [7, 11) is 1.52. The maximum absolute atomic E-state index is 12.6. The Balaban J connectivity index is 2.42. The molecule has 0 saturated carbocycles. The summed E-state index contributed by atoms with van der Waals surface area (Å²) < 4.78 is 31.2. The molecule has 0 aliphatic heterocycles. The normalized spacial score (nSPS) is 11.3. The highest BCUT2D eigenvalue weighted by atomic mass is 19.3. The van der Waals surface area contributed by atoms with Crippen LogP contribution < -0.4 is 10.5 Å². The Hall–Kier alpha value is -3.31. The summed E-state index contributed by atoms with van der Waals surface area (Å²) >= 11 is 0. The monoisotopic (exact) mass is 399 g/mol. The molecule has 0 atom stereocenters. The molecule has 6 nitrogen and oxygen atoms in total. The first-order chi connectivity index (χ1) is 13.8. The third kappa shape index (κ3) is 6.36. The van der Waals surface area contributed by atoms with E-state index in [1.807, 2.05) is 0 Å². The average Bonchev–Trinajstić information content (AvgIpc) is 2.67. The van der Waals surface area contributed by atoms with E-state index in [2.05, 4.69) is 22.6 Å². The molecule has 152 valence electrons. The number of aromatic nitrogens is 2. The molecule has 0 unspecified atom stereocenters. The summed E-state index contributed by atoms with van der Waals surface area (Å²) in [6, 6.07) is 6.92. The summed E-state index contributed by atoms with van der Waals surface area (Å²) in [5.74, 6) is 1.03. The Labute approximate surface area is 168 Å². The second-order valence-corrected chi connectivity index (χ2v) is 6.48. The fraction of sp³-hybridized carbons (Fsp3) is 0.286. The fourth-order valence-electron chi connectivity index (χ4n) is 2.46. The topological polar surface area (TPSA) is 88.1 Å². The lowest BCUT2D eigenvalue weighted by Crippen LogP contribution is -2.20. The van der Waals surface area contributed by atoms with Gasteiger partial charge in [-0.15, -0.1) is 0 Å². The Kier molecular flexibility index (Phi) is 7.80. The smallest absolute Gasteiger partial charge is 0.255 e. The predicted molar refractivity (Wildman–Crippen MR) is 107 cm³/mol. The van der Waals surface area contributed by atoms with E-state index < -0.39 is 13.0 Å². The number of ether oxygens (including phenoxy) is 1. The van der Waals surface area contributed by atoms with Crippen molar-refractivity contribution in [2.45, 2.75) is 19.8 Å². The van der Waals surface area contributed by atoms with Crippen LogP contribution in [-0.2, 0) is 6.42 Å². The van der Waals surface area contributed by atoms with E-state index in [1.165, 1.54) is 18.1 Å². The highest BCUT2D eigenvalue weighted by Gasteiger charge is 2.14. The zero-order valence-electron chi connectivity index (χ0n) is 16.4. The molecule has 2 N–H and O–H groups in total. The van der Waals surface area contributed by atoms with Gasteiger partial charge in [0.2, 0.25) is 0 Å². The largest absolute Gasteiger partial charge is 0.455 e. The molecule has 0 saturated heterocycles. The van der Waals surface area contributed by atoms with Gasteiger partial charge in [0.1, 0.15) is 11.5 Å². The van der Waals surface area contributed by atoms with Crippen molar-refractivity contribution in [2.24, 2.45) is 5.73 Å². The lowest BCUT2D eigenvalue weighted by Gasteiger charge is -2.18. The van der Waals surface area contributed by atoms with E-state index in [0.717, 1.165) is 5.56 Å². The molecule has 0 amide bonds. The number of alkyl halides is 2. The van der Waals surface area contributed by atoms with Gasteiger partial charge in [-0.05, 0) is 49.2 Å². The van der Waals surface area contributed by atoms with Gasteiger partial charge in [-0.1, -0.05) is 6.58 Å². The third-order valence-electron chi connectivity index (χ3n) is 3.89. The van der Waals surface area contributed by atoms with Gasteiger partial charge in [0.25, 0.3) is 6.43 Å². The summed E-state index contributed by atoms with van der Waals surface area (Å²) in [4.78, 5) is 10.0. The number of nitriles is 1. The molecule has 0 spiro atoms. The van der Waals surface area contributed by atoms with E-state index in [4.69, 9.17) is 10.5 Å². The first kappa shape index (κ1) is 22.0. The minimum Gasteiger partial charge on any atom is -0.455 e. The van der Waals surface area contributed by atoms with Crippen molar-refractivity contribution in [3.05, 3.63) is 65.8 Å². The number of benzene rings is 1. The molecular weight excluding hydrogens is 376 g/mol. The lowest BCUT2D eigenvalue weighted by atomic mass is 10.1. The molecule has 8 heteroatoms. The zero-order chi connectivity index (χ0) is 21.4. The van der Waals surface area contributed by atoms with E-state index in [0.29, 0.717) is 47.0 Å². The standard InChI is InChI=1S/C21H23F2N5O/c1-14(2)19(12-28(3)13-20(22)23)29-18-8-15(9-25)4-5-17(18)21-26-10-16(6-7-24)11-27-21/h4-5,8,10-12,20H,1,6-7,13,24H2,2-3H3/b19-12+. The Morgan fingerprint density at radius 3 is 2.62 bits per heavy atom. The molecular formula is C21H23F2N5O. The lowest BCUT2D eigenvalue weighted by molar-refractivity contribution is 0.116. The molecule has 2 rings (SSSR count). The highest BCUT2D eigenvalue weighted by Crippen LogP contribution is 2.31. The molecule has 1 aromatic heterocycles. The molecule has 0 radical (unpaired) electrons. The molecule has 0 fully saturated rings. The Morgan fingerprint density at radius 2 is 2.07 bits per heavy atom. The van der Waals surface area contributed by atoms with Crippen LogP contribution in [0.4, 0.5) is 8.78 Å². The number of nitrogens with zero attached hydrogens (tertiary/aromatic N) is 4. The molecule has 2 aromatic rings. The van der Waals surface area contributed by atoms with Crippen LogP contribution in [0.5, 0.6) is 5.75 Å². The van der Waals surface area contributed by atoms with Gasteiger partial charge in [0, 0.05) is 25.6 Å². The first-order valence-corrected chi connectivity index (χ1v) is 8.93. The van der Waals surface area contributed by atoms with Gasteiger partial charge in [0.15, 0.2) is 5.82 Å². The van der Waals surface area contributed by atoms with Crippen LogP contribution in [-0.4, -0.2) is 41.4 Å². The van der Waals surface area contributed by atoms with Crippen molar-refractivity contribution in [1.29, 1.82) is 5.26 Å². The van der Waals surface area contributed by atoms with Crippen LogP contribution in [0.25, 0.3) is 11.4 Å². The zero-order valence-corrected chi connectivity index (χ0v) is 16.4. The molecule has 1 heterocycles. The van der Waals surface area contributed by atoms with E-state index >= 15 is 0 Å². The van der Waals surface area contributed by atoms with Crippen molar-refractivity contribution in [1.82, 2.24) is 14.9 Å². The fourth-order valence-corrected chi connectivity index (χ4v) is 2.46. The van der Waals surface area contributed by atoms with Gasteiger partial charge in [-0.3, -0.25) is 0 Å². The van der Waals surface area contributed by atoms with Gasteiger partial charge in [-0.2, -0.15) is 5.26 Å². The quantitative estimate of drug-likeness (QED) is 0.513. The summed E-state index contributed by atoms with van der Waals surface area (Å²) in [6.45, 7) is 5.59. The van der Waals surface area contributed by atoms with Crippen LogP contribution in [0.1, 0.15) is 18.1 Å². The maximum atomic E-state index is 12.6. The highest BCUT2D eigenvalue weighted by molar-refractivity contribution is 5.66. The SMILES string of the molecule is C=C(C)/C(=C\N(C)CC(F)F)Oc1cc(C#N)ccc1-c1ncc(CCN)cn1. The number of nitrogens with two attached hydrogens (primary N) is 1. The van der Waals surface area contributed by atoms with Gasteiger partial charge >= 0.3 is 0 Å². The van der Waals surface area contributed by atoms with Crippen LogP contribution in [0.3, 0.4) is 0 Å². The number of hydrogen-bond acceptors (Lipinski definition) is 6. The van der Waals surface area contributed by atoms with Gasteiger partial charge < -0.3 is 15.4 Å². The Bertz CT molecular complexity index is 920. The predicted octanol–water partition coefficient (Wildman–Crippen LogP) is 3.51. The van der Waals surface area contributed by atoms with Crippen LogP contribution in [0.2, 0.25) is 0 Å². The molecule has 29 heavy (non-hydrogen) atoms. The number of allylic oxidation sites excluding steroid dienone is 1. The minimum atomic E-state index is -2.49. The van der Waals surface area contributed by atoms with Crippen molar-refractivity contribution < 1.29 is 13.5 Å². The molecule has 0 aliphatic rings. The molecule has 1 aromatic carbocycles. The van der Waals surface area contributed by atoms with Crippen LogP contribution in [0.15, 0.2) is 54.7 Å². The summed E-state index contributed by atoms with van der Waals surface area (Å²) in [6.07, 6.45) is 2.99. The molecule has 0 aliphatic carbocycles. The van der Waals surface area contributed by atoms with E-state index in [1.54, 1.807) is 37.5 Å². The van der Waals surface area contributed by atoms with Gasteiger partial charge in [0.05, 0.1) is 23.7 Å². The average molecular weight is 399 g/mol. The van der Waals surface area contributed by atoms with E-state index in [-0.39, 0.29) is 0 Å². The summed E-state index contributed by atoms with van der Waals surface area (Å²) in [5, 5.41) is 9.23. The van der Waals surface area contributed by atoms with Crippen molar-refractivity contribution >= 4 is 0 Å². The minimum absolute atomic E-state index is 0.296. The number of rotatable bonds is 9. The molecule has 0 bridgehead atoms. The third-order valence-corrected chi connectivity index (χ3v) is 3.89. The van der Waals surface area contributed by atoms with E-state index in [9.17, 15) is 14.0 Å². The number of halogens is 2. The summed E-state index contributed by atoms with van der Waals surface area (Å²) in [5.41, 5.74) is 7.94. The van der Waals surface area contributed by atoms with Crippen molar-refractivity contribution in [3.8, 4) is 23.2 Å². The van der Waals surface area contributed by atoms with Gasteiger partial charge in [-0.25, -0.2) is 18.7 Å².